The molecule has 1 aromatic carbocycles. The van der Waals surface area contributed by atoms with E-state index in [1.807, 2.05) is 0 Å². The molecule has 1 amide bonds. The number of halogens is 1. The molecule has 1 N–H and O–H groups in total. The average molecular weight is 298 g/mol. The van der Waals surface area contributed by atoms with Crippen molar-refractivity contribution in [3.05, 3.63) is 38.9 Å². The third-order valence-electron chi connectivity index (χ3n) is 3.17. The first-order chi connectivity index (χ1) is 9.54. The molecular formula is C12H12ClN3O4. The van der Waals surface area contributed by atoms with E-state index >= 15 is 0 Å². The molecule has 0 unspecified atom stereocenters. The maximum atomic E-state index is 12.4. The van der Waals surface area contributed by atoms with E-state index in [0.717, 1.165) is 0 Å². The Bertz CT molecular complexity index is 578. The zero-order valence-corrected chi connectivity index (χ0v) is 11.2. The van der Waals surface area contributed by atoms with Gasteiger partial charge in [-0.25, -0.2) is 0 Å². The van der Waals surface area contributed by atoms with Crippen LogP contribution in [0.3, 0.4) is 0 Å². The lowest BCUT2D eigenvalue weighted by Gasteiger charge is -2.27. The van der Waals surface area contributed by atoms with E-state index in [1.165, 1.54) is 23.1 Å². The number of likely N-dealkylation sites (tertiary alicyclic amines) is 1. The summed E-state index contributed by atoms with van der Waals surface area (Å²) in [5.74, 6) is -0.473. The normalized spacial score (nSPS) is 15.1. The molecule has 0 saturated carbocycles. The van der Waals surface area contributed by atoms with E-state index in [2.05, 4.69) is 5.16 Å². The molecule has 1 fully saturated rings. The summed E-state index contributed by atoms with van der Waals surface area (Å²) >= 11 is 5.93. The van der Waals surface area contributed by atoms with Crippen molar-refractivity contribution in [2.24, 2.45) is 5.16 Å². The summed E-state index contributed by atoms with van der Waals surface area (Å²) in [5, 5.41) is 22.8. The summed E-state index contributed by atoms with van der Waals surface area (Å²) in [6, 6.07) is 4.14. The highest BCUT2D eigenvalue weighted by atomic mass is 35.5. The van der Waals surface area contributed by atoms with E-state index in [1.54, 1.807) is 0 Å². The average Bonchev–Trinajstić information content (AvgIpc) is 2.46. The number of amides is 1. The van der Waals surface area contributed by atoms with Crippen molar-refractivity contribution in [2.45, 2.75) is 12.8 Å². The van der Waals surface area contributed by atoms with E-state index in [9.17, 15) is 14.9 Å². The van der Waals surface area contributed by atoms with Gasteiger partial charge in [0.2, 0.25) is 0 Å². The minimum Gasteiger partial charge on any atom is -0.411 e. The van der Waals surface area contributed by atoms with Crippen LogP contribution in [0.1, 0.15) is 23.2 Å². The van der Waals surface area contributed by atoms with Gasteiger partial charge in [0.05, 0.1) is 15.7 Å². The number of benzene rings is 1. The smallest absolute Gasteiger partial charge is 0.283 e. The molecule has 0 aromatic heterocycles. The fourth-order valence-electron chi connectivity index (χ4n) is 2.10. The number of nitro benzene ring substituents is 1. The summed E-state index contributed by atoms with van der Waals surface area (Å²) in [7, 11) is 0. The topological polar surface area (TPSA) is 96.0 Å². The number of piperidine rings is 1. The number of nitrogens with zero attached hydrogens (tertiary/aromatic N) is 3. The Morgan fingerprint density at radius 2 is 2.05 bits per heavy atom. The second-order valence-corrected chi connectivity index (χ2v) is 4.76. The standard InChI is InChI=1S/C12H12ClN3O4/c13-9-2-1-3-10(16(19)20)11(9)12(17)15-6-4-8(14-18)5-7-15/h1-3,18H,4-7H2. The minimum atomic E-state index is -0.621. The first kappa shape index (κ1) is 14.3. The van der Waals surface area contributed by atoms with Crippen LogP contribution in [0.5, 0.6) is 0 Å². The number of carbonyl (C=O) groups is 1. The summed E-state index contributed by atoms with van der Waals surface area (Å²) < 4.78 is 0. The monoisotopic (exact) mass is 297 g/mol. The van der Waals surface area contributed by atoms with Crippen LogP contribution in [-0.2, 0) is 0 Å². The molecule has 7 nitrogen and oxygen atoms in total. The van der Waals surface area contributed by atoms with Crippen molar-refractivity contribution < 1.29 is 14.9 Å². The Labute approximate surface area is 119 Å². The quantitative estimate of drug-likeness (QED) is 0.514. The number of hydrogen-bond acceptors (Lipinski definition) is 5. The molecule has 20 heavy (non-hydrogen) atoms. The van der Waals surface area contributed by atoms with Gasteiger partial charge in [-0.3, -0.25) is 14.9 Å². The number of oxime groups is 1. The van der Waals surface area contributed by atoms with Gasteiger partial charge in [-0.05, 0) is 6.07 Å². The lowest BCUT2D eigenvalue weighted by Crippen LogP contribution is -2.39. The maximum absolute atomic E-state index is 12.4. The lowest BCUT2D eigenvalue weighted by atomic mass is 10.1. The highest BCUT2D eigenvalue weighted by Gasteiger charge is 2.29. The molecule has 1 heterocycles. The van der Waals surface area contributed by atoms with Crippen LogP contribution in [0.15, 0.2) is 23.4 Å². The minimum absolute atomic E-state index is 0.0609. The molecule has 106 valence electrons. The first-order valence-corrected chi connectivity index (χ1v) is 6.34. The van der Waals surface area contributed by atoms with Gasteiger partial charge in [-0.2, -0.15) is 0 Å². The summed E-state index contributed by atoms with van der Waals surface area (Å²) in [5.41, 5.74) is 0.218. The van der Waals surface area contributed by atoms with Gasteiger partial charge in [0.25, 0.3) is 11.6 Å². The predicted octanol–water partition coefficient (Wildman–Crippen LogP) is 2.31. The highest BCUT2D eigenvalue weighted by molar-refractivity contribution is 6.34. The largest absolute Gasteiger partial charge is 0.411 e. The van der Waals surface area contributed by atoms with Crippen molar-refractivity contribution in [1.29, 1.82) is 0 Å². The number of hydrogen-bond donors (Lipinski definition) is 1. The number of carbonyl (C=O) groups excluding carboxylic acids is 1. The lowest BCUT2D eigenvalue weighted by molar-refractivity contribution is -0.385. The fraction of sp³-hybridized carbons (Fsp3) is 0.333. The Morgan fingerprint density at radius 3 is 2.60 bits per heavy atom. The van der Waals surface area contributed by atoms with Crippen LogP contribution in [0, 0.1) is 10.1 Å². The molecular weight excluding hydrogens is 286 g/mol. The van der Waals surface area contributed by atoms with Crippen molar-refractivity contribution in [3.8, 4) is 0 Å². The second kappa shape index (κ2) is 5.87. The molecule has 8 heteroatoms. The third-order valence-corrected chi connectivity index (χ3v) is 3.49. The van der Waals surface area contributed by atoms with Gasteiger partial charge in [-0.15, -0.1) is 0 Å². The second-order valence-electron chi connectivity index (χ2n) is 4.35. The number of rotatable bonds is 2. The summed E-state index contributed by atoms with van der Waals surface area (Å²) in [6.45, 7) is 0.696. The first-order valence-electron chi connectivity index (χ1n) is 5.96. The maximum Gasteiger partial charge on any atom is 0.283 e. The van der Waals surface area contributed by atoms with Crippen LogP contribution in [0.25, 0.3) is 0 Å². The zero-order chi connectivity index (χ0) is 14.7. The SMILES string of the molecule is O=C(c1c(Cl)cccc1[N+](=O)[O-])N1CCC(=NO)CC1. The molecule has 0 spiro atoms. The summed E-state index contributed by atoms with van der Waals surface area (Å²) in [4.78, 5) is 24.2. The van der Waals surface area contributed by atoms with Crippen LogP contribution >= 0.6 is 11.6 Å². The molecule has 0 radical (unpaired) electrons. The van der Waals surface area contributed by atoms with E-state index in [-0.39, 0.29) is 16.3 Å². The van der Waals surface area contributed by atoms with Crippen molar-refractivity contribution >= 4 is 28.9 Å². The van der Waals surface area contributed by atoms with Gasteiger partial charge >= 0.3 is 0 Å². The van der Waals surface area contributed by atoms with Crippen molar-refractivity contribution in [3.63, 3.8) is 0 Å². The molecule has 2 rings (SSSR count). The van der Waals surface area contributed by atoms with E-state index < -0.39 is 10.8 Å². The van der Waals surface area contributed by atoms with Crippen molar-refractivity contribution in [1.82, 2.24) is 4.90 Å². The number of nitro groups is 1. The molecule has 0 atom stereocenters. The highest BCUT2D eigenvalue weighted by Crippen LogP contribution is 2.28. The van der Waals surface area contributed by atoms with Gasteiger partial charge in [-0.1, -0.05) is 22.8 Å². The molecule has 1 aromatic rings. The van der Waals surface area contributed by atoms with E-state index in [4.69, 9.17) is 16.8 Å². The molecule has 1 saturated heterocycles. The Morgan fingerprint density at radius 1 is 1.40 bits per heavy atom. The molecule has 1 aliphatic rings. The van der Waals surface area contributed by atoms with Gasteiger partial charge in [0, 0.05) is 32.0 Å². The molecule has 0 aliphatic carbocycles. The van der Waals surface area contributed by atoms with Gasteiger partial charge < -0.3 is 10.1 Å². The van der Waals surface area contributed by atoms with Gasteiger partial charge in [0.15, 0.2) is 0 Å². The predicted molar refractivity (Wildman–Crippen MR) is 72.5 cm³/mol. The van der Waals surface area contributed by atoms with Crippen LogP contribution in [0.2, 0.25) is 5.02 Å². The van der Waals surface area contributed by atoms with Crippen LogP contribution in [-0.4, -0.2) is 39.7 Å². The summed E-state index contributed by atoms with van der Waals surface area (Å²) in [6.07, 6.45) is 0.890. The van der Waals surface area contributed by atoms with E-state index in [0.29, 0.717) is 31.6 Å². The van der Waals surface area contributed by atoms with Gasteiger partial charge in [0.1, 0.15) is 5.56 Å². The van der Waals surface area contributed by atoms with Crippen LogP contribution < -0.4 is 0 Å². The molecule has 1 aliphatic heterocycles. The zero-order valence-electron chi connectivity index (χ0n) is 10.5. The molecule has 0 bridgehead atoms. The third kappa shape index (κ3) is 2.72. The van der Waals surface area contributed by atoms with Crippen LogP contribution in [0.4, 0.5) is 5.69 Å². The van der Waals surface area contributed by atoms with Crippen molar-refractivity contribution in [2.75, 3.05) is 13.1 Å². The Hall–Kier alpha value is -2.15. The Balaban J connectivity index is 2.28. The Kier molecular flexibility index (Phi) is 4.19. The fourth-order valence-corrected chi connectivity index (χ4v) is 2.35.